The van der Waals surface area contributed by atoms with Crippen LogP contribution in [0.2, 0.25) is 0 Å². The first-order chi connectivity index (χ1) is 15.0. The fourth-order valence-corrected chi connectivity index (χ4v) is 4.71. The summed E-state index contributed by atoms with van der Waals surface area (Å²) in [7, 11) is 0. The first-order valence-electron chi connectivity index (χ1n) is 10.0. The molecule has 2 aromatic carbocycles. The number of anilines is 1. The SMILES string of the molecule is C=CCN1CCCc2cc(/N=N/c3c(C#N)cc4c(c3Br)C(=O)N(CC)C4=O)ccc21. The summed E-state index contributed by atoms with van der Waals surface area (Å²) in [6.07, 6.45) is 3.91. The van der Waals surface area contributed by atoms with Crippen LogP contribution in [-0.2, 0) is 6.42 Å². The van der Waals surface area contributed by atoms with Crippen molar-refractivity contribution in [1.29, 1.82) is 5.26 Å². The largest absolute Gasteiger partial charge is 0.368 e. The van der Waals surface area contributed by atoms with E-state index in [9.17, 15) is 14.9 Å². The number of nitriles is 1. The lowest BCUT2D eigenvalue weighted by Gasteiger charge is -2.30. The lowest BCUT2D eigenvalue weighted by molar-refractivity contribution is 0.0662. The quantitative estimate of drug-likeness (QED) is 0.332. The van der Waals surface area contributed by atoms with Gasteiger partial charge in [-0.25, -0.2) is 0 Å². The molecular formula is C23H20BrN5O2. The Morgan fingerprint density at radius 2 is 2.06 bits per heavy atom. The van der Waals surface area contributed by atoms with Gasteiger partial charge in [-0.3, -0.25) is 14.5 Å². The summed E-state index contributed by atoms with van der Waals surface area (Å²) in [5, 5.41) is 18.2. The van der Waals surface area contributed by atoms with E-state index in [1.165, 1.54) is 17.3 Å². The first-order valence-corrected chi connectivity index (χ1v) is 10.8. The minimum Gasteiger partial charge on any atom is -0.368 e. The number of hydrogen-bond donors (Lipinski definition) is 0. The highest BCUT2D eigenvalue weighted by Crippen LogP contribution is 2.40. The molecule has 2 aliphatic heterocycles. The summed E-state index contributed by atoms with van der Waals surface area (Å²) in [6, 6.07) is 9.38. The van der Waals surface area contributed by atoms with Crippen molar-refractivity contribution < 1.29 is 9.59 Å². The Morgan fingerprint density at radius 1 is 1.26 bits per heavy atom. The maximum Gasteiger partial charge on any atom is 0.262 e. The van der Waals surface area contributed by atoms with Crippen molar-refractivity contribution in [2.45, 2.75) is 19.8 Å². The van der Waals surface area contributed by atoms with Gasteiger partial charge < -0.3 is 4.90 Å². The number of fused-ring (bicyclic) bond motifs is 2. The van der Waals surface area contributed by atoms with E-state index in [1.807, 2.05) is 24.3 Å². The zero-order valence-corrected chi connectivity index (χ0v) is 18.6. The summed E-state index contributed by atoms with van der Waals surface area (Å²) in [4.78, 5) is 28.5. The fraction of sp³-hybridized carbons (Fsp3) is 0.261. The molecule has 0 aliphatic carbocycles. The molecule has 0 atom stereocenters. The molecule has 2 aliphatic rings. The van der Waals surface area contributed by atoms with Gasteiger partial charge in [-0.15, -0.1) is 11.7 Å². The minimum atomic E-state index is -0.401. The molecule has 156 valence electrons. The van der Waals surface area contributed by atoms with Crippen molar-refractivity contribution in [2.75, 3.05) is 24.5 Å². The van der Waals surface area contributed by atoms with E-state index >= 15 is 0 Å². The van der Waals surface area contributed by atoms with Crippen molar-refractivity contribution in [1.82, 2.24) is 4.90 Å². The molecule has 31 heavy (non-hydrogen) atoms. The number of aryl methyl sites for hydroxylation is 1. The van der Waals surface area contributed by atoms with E-state index in [-0.39, 0.29) is 28.9 Å². The average Bonchev–Trinajstić information content (AvgIpc) is 3.02. The average molecular weight is 478 g/mol. The van der Waals surface area contributed by atoms with Gasteiger partial charge in [0.1, 0.15) is 11.8 Å². The van der Waals surface area contributed by atoms with Crippen molar-refractivity contribution in [2.24, 2.45) is 10.2 Å². The standard InChI is InChI=1S/C23H20BrN5O2/c1-3-9-28-10-5-6-14-11-16(7-8-18(14)28)26-27-21-15(13-25)12-17-19(20(21)24)23(31)29(4-2)22(17)30/h3,7-8,11-12H,1,4-6,9-10H2,2H3/b27-26+. The highest BCUT2D eigenvalue weighted by molar-refractivity contribution is 9.10. The summed E-state index contributed by atoms with van der Waals surface area (Å²) >= 11 is 3.39. The highest BCUT2D eigenvalue weighted by atomic mass is 79.9. The molecule has 0 bridgehead atoms. The topological polar surface area (TPSA) is 89.1 Å². The van der Waals surface area contributed by atoms with Gasteiger partial charge in [0.15, 0.2) is 0 Å². The Kier molecular flexibility index (Phi) is 5.70. The monoisotopic (exact) mass is 477 g/mol. The molecule has 8 heteroatoms. The number of hydrogen-bond acceptors (Lipinski definition) is 6. The third-order valence-corrected chi connectivity index (χ3v) is 6.28. The molecule has 2 aromatic rings. The van der Waals surface area contributed by atoms with Crippen LogP contribution in [0.4, 0.5) is 17.1 Å². The summed E-state index contributed by atoms with van der Waals surface area (Å²) in [5.41, 5.74) is 3.89. The normalized spacial score (nSPS) is 15.3. The van der Waals surface area contributed by atoms with E-state index in [0.717, 1.165) is 30.8 Å². The third kappa shape index (κ3) is 3.55. The van der Waals surface area contributed by atoms with Gasteiger partial charge in [-0.2, -0.15) is 10.4 Å². The molecule has 0 N–H and O–H groups in total. The van der Waals surface area contributed by atoms with Crippen molar-refractivity contribution in [3.8, 4) is 6.07 Å². The van der Waals surface area contributed by atoms with Crippen LogP contribution in [0.3, 0.4) is 0 Å². The first kappa shape index (κ1) is 20.9. The molecule has 2 amide bonds. The van der Waals surface area contributed by atoms with E-state index in [4.69, 9.17) is 0 Å². The lowest BCUT2D eigenvalue weighted by Crippen LogP contribution is -2.29. The van der Waals surface area contributed by atoms with Crippen LogP contribution in [0, 0.1) is 11.3 Å². The molecule has 0 fully saturated rings. The number of carbonyl (C=O) groups is 2. The molecule has 7 nitrogen and oxygen atoms in total. The van der Waals surface area contributed by atoms with E-state index < -0.39 is 11.8 Å². The summed E-state index contributed by atoms with van der Waals surface area (Å²) in [6.45, 7) is 7.60. The third-order valence-electron chi connectivity index (χ3n) is 5.50. The van der Waals surface area contributed by atoms with E-state index in [1.54, 1.807) is 6.92 Å². The molecule has 0 saturated heterocycles. The zero-order valence-electron chi connectivity index (χ0n) is 17.1. The molecule has 0 unspecified atom stereocenters. The van der Waals surface area contributed by atoms with Crippen molar-refractivity contribution in [3.05, 3.63) is 63.6 Å². The Hall–Kier alpha value is -3.31. The van der Waals surface area contributed by atoms with Crippen LogP contribution in [-0.4, -0.2) is 36.3 Å². The second-order valence-corrected chi connectivity index (χ2v) is 8.12. The van der Waals surface area contributed by atoms with Gasteiger partial charge in [0.25, 0.3) is 11.8 Å². The molecular weight excluding hydrogens is 458 g/mol. The number of imide groups is 1. The number of azo groups is 1. The summed E-state index contributed by atoms with van der Waals surface area (Å²) in [5.74, 6) is -0.798. The molecule has 4 rings (SSSR count). The molecule has 0 radical (unpaired) electrons. The highest BCUT2D eigenvalue weighted by Gasteiger charge is 2.38. The summed E-state index contributed by atoms with van der Waals surface area (Å²) < 4.78 is 0.315. The molecule has 0 aromatic heterocycles. The van der Waals surface area contributed by atoms with Crippen LogP contribution in [0.15, 0.2) is 51.6 Å². The van der Waals surface area contributed by atoms with Crippen LogP contribution in [0.1, 0.15) is 45.2 Å². The second kappa shape index (κ2) is 8.44. The maximum atomic E-state index is 12.6. The second-order valence-electron chi connectivity index (χ2n) is 7.33. The minimum absolute atomic E-state index is 0.184. The van der Waals surface area contributed by atoms with Crippen LogP contribution in [0.5, 0.6) is 0 Å². The van der Waals surface area contributed by atoms with Crippen LogP contribution >= 0.6 is 15.9 Å². The smallest absolute Gasteiger partial charge is 0.262 e. The van der Waals surface area contributed by atoms with Gasteiger partial charge in [-0.1, -0.05) is 6.08 Å². The van der Waals surface area contributed by atoms with E-state index in [2.05, 4.69) is 43.7 Å². The Morgan fingerprint density at radius 3 is 2.77 bits per heavy atom. The predicted molar refractivity (Wildman–Crippen MR) is 121 cm³/mol. The Bertz CT molecular complexity index is 1180. The number of amides is 2. The van der Waals surface area contributed by atoms with Gasteiger partial charge in [0.05, 0.1) is 26.9 Å². The van der Waals surface area contributed by atoms with Crippen LogP contribution in [0.25, 0.3) is 0 Å². The maximum absolute atomic E-state index is 12.6. The van der Waals surface area contributed by atoms with Gasteiger partial charge in [-0.05, 0) is 65.5 Å². The molecule has 0 saturated carbocycles. The number of carbonyl (C=O) groups excluding carboxylic acids is 2. The lowest BCUT2D eigenvalue weighted by atomic mass is 10.0. The predicted octanol–water partition coefficient (Wildman–Crippen LogP) is 5.29. The van der Waals surface area contributed by atoms with Gasteiger partial charge in [0.2, 0.25) is 0 Å². The van der Waals surface area contributed by atoms with Gasteiger partial charge in [0, 0.05) is 25.3 Å². The van der Waals surface area contributed by atoms with Crippen LogP contribution < -0.4 is 4.90 Å². The zero-order chi connectivity index (χ0) is 22.1. The fourth-order valence-electron chi connectivity index (χ4n) is 4.04. The molecule has 0 spiro atoms. The molecule has 2 heterocycles. The van der Waals surface area contributed by atoms with E-state index in [0.29, 0.717) is 10.2 Å². The Labute approximate surface area is 188 Å². The Balaban J connectivity index is 1.72. The number of halogens is 1. The number of benzene rings is 2. The van der Waals surface area contributed by atoms with Crippen molar-refractivity contribution >= 4 is 44.8 Å². The number of nitrogens with zero attached hydrogens (tertiary/aromatic N) is 5. The van der Waals surface area contributed by atoms with Gasteiger partial charge >= 0.3 is 0 Å². The van der Waals surface area contributed by atoms with Crippen molar-refractivity contribution in [3.63, 3.8) is 0 Å². The number of rotatable bonds is 5.